The van der Waals surface area contributed by atoms with Gasteiger partial charge in [0.15, 0.2) is 0 Å². The third kappa shape index (κ3) is 7.08. The summed E-state index contributed by atoms with van der Waals surface area (Å²) >= 11 is 0. The number of hydrogen-bond acceptors (Lipinski definition) is 6. The van der Waals surface area contributed by atoms with Crippen molar-refractivity contribution in [2.45, 2.75) is 97.6 Å². The van der Waals surface area contributed by atoms with Crippen LogP contribution in [0, 0.1) is 0 Å². The van der Waals surface area contributed by atoms with Gasteiger partial charge in [0, 0.05) is 18.0 Å². The molecular formula is C20H35NO5. The Hall–Kier alpha value is -1.40. The molecule has 6 heteroatoms. The molecule has 150 valence electrons. The quantitative estimate of drug-likeness (QED) is 0.663. The molecule has 1 aliphatic rings. The highest BCUT2D eigenvalue weighted by atomic mass is 16.6. The van der Waals surface area contributed by atoms with Gasteiger partial charge in [0.1, 0.15) is 12.2 Å². The van der Waals surface area contributed by atoms with Gasteiger partial charge in [-0.05, 0) is 53.0 Å². The van der Waals surface area contributed by atoms with E-state index in [0.29, 0.717) is 18.6 Å². The lowest BCUT2D eigenvalue weighted by Crippen LogP contribution is -2.57. The van der Waals surface area contributed by atoms with Gasteiger partial charge in [-0.3, -0.25) is 4.79 Å². The molecule has 1 N–H and O–H groups in total. The molecule has 0 spiro atoms. The molecule has 3 atom stereocenters. The fourth-order valence-corrected chi connectivity index (χ4v) is 3.17. The number of hydrogen-bond donors (Lipinski definition) is 1. The van der Waals surface area contributed by atoms with Crippen LogP contribution in [-0.2, 0) is 23.8 Å². The fraction of sp³-hybridized carbons (Fsp3) is 0.800. The molecule has 0 heterocycles. The first-order chi connectivity index (χ1) is 12.1. The van der Waals surface area contributed by atoms with Crippen molar-refractivity contribution in [3.63, 3.8) is 0 Å². The smallest absolute Gasteiger partial charge is 0.333 e. The maximum absolute atomic E-state index is 12.3. The lowest BCUT2D eigenvalue weighted by atomic mass is 9.87. The topological polar surface area (TPSA) is 73.9 Å². The van der Waals surface area contributed by atoms with E-state index >= 15 is 0 Å². The first-order valence-corrected chi connectivity index (χ1v) is 9.59. The number of carbonyl (C=O) groups excluding carboxylic acids is 2. The third-order valence-corrected chi connectivity index (χ3v) is 4.24. The van der Waals surface area contributed by atoms with Crippen molar-refractivity contribution in [1.82, 2.24) is 5.32 Å². The highest BCUT2D eigenvalue weighted by Gasteiger charge is 2.40. The minimum absolute atomic E-state index is 0.0335. The SMILES string of the molecule is CCOC(=O)C1=C[C@@H](OC(CC)CC)[C@@H](OC(C)=O)[C@H](NC(C)(C)C)C1. The fourth-order valence-electron chi connectivity index (χ4n) is 3.17. The van der Waals surface area contributed by atoms with Gasteiger partial charge in [-0.2, -0.15) is 0 Å². The number of esters is 2. The molecule has 0 bridgehead atoms. The zero-order valence-corrected chi connectivity index (χ0v) is 17.3. The predicted molar refractivity (Wildman–Crippen MR) is 101 cm³/mol. The second-order valence-corrected chi connectivity index (χ2v) is 7.73. The summed E-state index contributed by atoms with van der Waals surface area (Å²) in [7, 11) is 0. The molecule has 1 aliphatic carbocycles. The van der Waals surface area contributed by atoms with Gasteiger partial charge in [-0.1, -0.05) is 13.8 Å². The highest BCUT2D eigenvalue weighted by molar-refractivity contribution is 5.89. The van der Waals surface area contributed by atoms with Gasteiger partial charge in [0.2, 0.25) is 0 Å². The number of nitrogens with one attached hydrogen (secondary N) is 1. The van der Waals surface area contributed by atoms with Gasteiger partial charge >= 0.3 is 11.9 Å². The van der Waals surface area contributed by atoms with E-state index in [1.54, 1.807) is 13.0 Å². The molecule has 0 fully saturated rings. The highest BCUT2D eigenvalue weighted by Crippen LogP contribution is 2.28. The van der Waals surface area contributed by atoms with Gasteiger partial charge in [0.25, 0.3) is 0 Å². The van der Waals surface area contributed by atoms with Gasteiger partial charge in [-0.25, -0.2) is 4.79 Å². The van der Waals surface area contributed by atoms with E-state index in [2.05, 4.69) is 19.2 Å². The monoisotopic (exact) mass is 369 g/mol. The normalized spacial score (nSPS) is 23.5. The Morgan fingerprint density at radius 2 is 1.85 bits per heavy atom. The summed E-state index contributed by atoms with van der Waals surface area (Å²) in [4.78, 5) is 24.0. The molecule has 0 radical (unpaired) electrons. The van der Waals surface area contributed by atoms with Crippen LogP contribution in [0.1, 0.15) is 67.7 Å². The Morgan fingerprint density at radius 1 is 1.23 bits per heavy atom. The molecule has 0 aromatic carbocycles. The van der Waals surface area contributed by atoms with E-state index in [1.807, 2.05) is 20.8 Å². The van der Waals surface area contributed by atoms with Gasteiger partial charge < -0.3 is 19.5 Å². The molecular weight excluding hydrogens is 334 g/mol. The van der Waals surface area contributed by atoms with E-state index in [-0.39, 0.29) is 29.6 Å². The number of carbonyl (C=O) groups is 2. The molecule has 0 saturated carbocycles. The third-order valence-electron chi connectivity index (χ3n) is 4.24. The minimum atomic E-state index is -0.495. The molecule has 1 rings (SSSR count). The molecule has 0 aromatic rings. The van der Waals surface area contributed by atoms with Crippen LogP contribution in [0.3, 0.4) is 0 Å². The Labute approximate surface area is 157 Å². The maximum Gasteiger partial charge on any atom is 0.333 e. The second-order valence-electron chi connectivity index (χ2n) is 7.73. The zero-order valence-electron chi connectivity index (χ0n) is 17.3. The molecule has 26 heavy (non-hydrogen) atoms. The minimum Gasteiger partial charge on any atom is -0.463 e. The molecule has 0 amide bonds. The summed E-state index contributed by atoms with van der Waals surface area (Å²) in [5, 5.41) is 3.47. The molecule has 0 unspecified atom stereocenters. The lowest BCUT2D eigenvalue weighted by molar-refractivity contribution is -0.160. The van der Waals surface area contributed by atoms with E-state index in [0.717, 1.165) is 12.8 Å². The maximum atomic E-state index is 12.3. The Morgan fingerprint density at radius 3 is 2.31 bits per heavy atom. The Balaban J connectivity index is 3.21. The van der Waals surface area contributed by atoms with Gasteiger partial charge in [0.05, 0.1) is 18.8 Å². The van der Waals surface area contributed by atoms with Crippen molar-refractivity contribution >= 4 is 11.9 Å². The van der Waals surface area contributed by atoms with Crippen LogP contribution in [0.4, 0.5) is 0 Å². The van der Waals surface area contributed by atoms with Crippen LogP contribution < -0.4 is 5.32 Å². The van der Waals surface area contributed by atoms with E-state index in [4.69, 9.17) is 14.2 Å². The number of ether oxygens (including phenoxy) is 3. The first kappa shape index (κ1) is 22.6. The van der Waals surface area contributed by atoms with Crippen molar-refractivity contribution in [1.29, 1.82) is 0 Å². The van der Waals surface area contributed by atoms with Crippen LogP contribution in [0.5, 0.6) is 0 Å². The standard InChI is InChI=1S/C20H35NO5/c1-8-15(9-2)26-17-12-14(19(23)24-10-3)11-16(21-20(5,6)7)18(17)25-13(4)22/h12,15-18,21H,8-11H2,1-7H3/t16-,17-,18+/m1/s1. The summed E-state index contributed by atoms with van der Waals surface area (Å²) in [5.41, 5.74) is 0.354. The molecule has 0 aromatic heterocycles. The van der Waals surface area contributed by atoms with E-state index < -0.39 is 12.2 Å². The van der Waals surface area contributed by atoms with Crippen molar-refractivity contribution in [2.75, 3.05) is 6.61 Å². The lowest BCUT2D eigenvalue weighted by Gasteiger charge is -2.40. The number of rotatable bonds is 8. The van der Waals surface area contributed by atoms with Gasteiger partial charge in [-0.15, -0.1) is 0 Å². The van der Waals surface area contributed by atoms with Crippen molar-refractivity contribution in [2.24, 2.45) is 0 Å². The first-order valence-electron chi connectivity index (χ1n) is 9.59. The van der Waals surface area contributed by atoms with Crippen LogP contribution in [0.25, 0.3) is 0 Å². The van der Waals surface area contributed by atoms with E-state index in [1.165, 1.54) is 6.92 Å². The van der Waals surface area contributed by atoms with Crippen LogP contribution in [0.2, 0.25) is 0 Å². The predicted octanol–water partition coefficient (Wildman–Crippen LogP) is 3.14. The zero-order chi connectivity index (χ0) is 19.9. The molecule has 0 saturated heterocycles. The average molecular weight is 370 g/mol. The van der Waals surface area contributed by atoms with Crippen molar-refractivity contribution < 1.29 is 23.8 Å². The Bertz CT molecular complexity index is 505. The Kier molecular flexibility index (Phi) is 8.77. The molecule has 6 nitrogen and oxygen atoms in total. The van der Waals surface area contributed by atoms with Crippen LogP contribution in [-0.4, -0.2) is 48.4 Å². The van der Waals surface area contributed by atoms with Crippen molar-refractivity contribution in [3.05, 3.63) is 11.6 Å². The summed E-state index contributed by atoms with van der Waals surface area (Å²) < 4.78 is 17.0. The molecule has 0 aliphatic heterocycles. The van der Waals surface area contributed by atoms with Crippen LogP contribution in [0.15, 0.2) is 11.6 Å². The summed E-state index contributed by atoms with van der Waals surface area (Å²) in [6.07, 6.45) is 2.94. The summed E-state index contributed by atoms with van der Waals surface area (Å²) in [6.45, 7) is 13.7. The second kappa shape index (κ2) is 10.1. The van der Waals surface area contributed by atoms with E-state index in [9.17, 15) is 9.59 Å². The van der Waals surface area contributed by atoms with Crippen molar-refractivity contribution in [3.8, 4) is 0 Å². The summed E-state index contributed by atoms with van der Waals surface area (Å²) in [5.74, 6) is -0.700. The van der Waals surface area contributed by atoms with Crippen LogP contribution >= 0.6 is 0 Å². The summed E-state index contributed by atoms with van der Waals surface area (Å²) in [6, 6.07) is -0.234. The average Bonchev–Trinajstić information content (AvgIpc) is 2.53. The largest absolute Gasteiger partial charge is 0.463 e.